The Kier molecular flexibility index (Phi) is 4.04. The van der Waals surface area contributed by atoms with Crippen molar-refractivity contribution >= 4 is 17.3 Å². The van der Waals surface area contributed by atoms with E-state index in [9.17, 15) is 4.79 Å². The third kappa shape index (κ3) is 3.13. The highest BCUT2D eigenvalue weighted by atomic mass is 16.1. The second-order valence-electron chi connectivity index (χ2n) is 4.64. The molecular weight excluding hydrogens is 228 g/mol. The fraction of sp³-hybridized carbons (Fsp3) is 0.462. The van der Waals surface area contributed by atoms with Crippen LogP contribution in [0.2, 0.25) is 0 Å². The number of para-hydroxylation sites is 2. The molecule has 0 aromatic heterocycles. The summed E-state index contributed by atoms with van der Waals surface area (Å²) in [5.74, 6) is -0.261. The van der Waals surface area contributed by atoms with Gasteiger partial charge >= 0.3 is 0 Å². The van der Waals surface area contributed by atoms with E-state index in [2.05, 4.69) is 9.80 Å². The van der Waals surface area contributed by atoms with Crippen LogP contribution in [0, 0.1) is 0 Å². The molecule has 0 aliphatic carbocycles. The van der Waals surface area contributed by atoms with Crippen molar-refractivity contribution in [3.05, 3.63) is 24.3 Å². The maximum atomic E-state index is 10.9. The van der Waals surface area contributed by atoms with Gasteiger partial charge in [0, 0.05) is 26.2 Å². The quantitative estimate of drug-likeness (QED) is 0.753. The van der Waals surface area contributed by atoms with Gasteiger partial charge in [-0.15, -0.1) is 0 Å². The molecule has 5 nitrogen and oxygen atoms in total. The summed E-state index contributed by atoms with van der Waals surface area (Å²) in [6, 6.07) is 7.90. The molecule has 1 aromatic rings. The number of nitrogens with two attached hydrogens (primary N) is 2. The topological polar surface area (TPSA) is 75.6 Å². The van der Waals surface area contributed by atoms with Crippen LogP contribution in [0.3, 0.4) is 0 Å². The molecule has 0 saturated carbocycles. The second kappa shape index (κ2) is 5.73. The summed E-state index contributed by atoms with van der Waals surface area (Å²) < 4.78 is 0. The normalized spacial score (nSPS) is 17.4. The highest BCUT2D eigenvalue weighted by Crippen LogP contribution is 2.23. The number of hydrogen-bond acceptors (Lipinski definition) is 4. The smallest absolute Gasteiger partial charge is 0.231 e. The molecule has 1 heterocycles. The standard InChI is InChI=1S/C13H20N4O/c14-11-4-1-2-5-12(11)17-7-3-6-16(8-9-17)10-13(15)18/h1-2,4-5H,3,6-10,14H2,(H2,15,18). The van der Waals surface area contributed by atoms with Gasteiger partial charge in [-0.2, -0.15) is 0 Å². The first-order valence-electron chi connectivity index (χ1n) is 6.27. The molecule has 18 heavy (non-hydrogen) atoms. The van der Waals surface area contributed by atoms with Crippen molar-refractivity contribution in [2.45, 2.75) is 6.42 Å². The first-order chi connectivity index (χ1) is 8.66. The van der Waals surface area contributed by atoms with Crippen LogP contribution in [-0.2, 0) is 4.79 Å². The molecule has 1 fully saturated rings. The van der Waals surface area contributed by atoms with E-state index in [0.29, 0.717) is 6.54 Å². The van der Waals surface area contributed by atoms with Crippen LogP contribution in [0.15, 0.2) is 24.3 Å². The second-order valence-corrected chi connectivity index (χ2v) is 4.64. The Labute approximate surface area is 107 Å². The van der Waals surface area contributed by atoms with Crippen molar-refractivity contribution in [2.75, 3.05) is 43.4 Å². The van der Waals surface area contributed by atoms with Crippen LogP contribution in [-0.4, -0.2) is 43.5 Å². The zero-order valence-corrected chi connectivity index (χ0v) is 10.5. The van der Waals surface area contributed by atoms with Crippen molar-refractivity contribution in [2.24, 2.45) is 5.73 Å². The van der Waals surface area contributed by atoms with Gasteiger partial charge in [0.1, 0.15) is 0 Å². The fourth-order valence-electron chi connectivity index (χ4n) is 2.37. The number of nitrogen functional groups attached to an aromatic ring is 1. The largest absolute Gasteiger partial charge is 0.397 e. The van der Waals surface area contributed by atoms with E-state index >= 15 is 0 Å². The van der Waals surface area contributed by atoms with Gasteiger partial charge in [-0.3, -0.25) is 9.69 Å². The summed E-state index contributed by atoms with van der Waals surface area (Å²) in [6.07, 6.45) is 1.02. The summed E-state index contributed by atoms with van der Waals surface area (Å²) in [5, 5.41) is 0. The number of amides is 1. The average molecular weight is 248 g/mol. The van der Waals surface area contributed by atoms with Gasteiger partial charge in [-0.25, -0.2) is 0 Å². The van der Waals surface area contributed by atoms with Gasteiger partial charge in [-0.1, -0.05) is 12.1 Å². The Hall–Kier alpha value is -1.75. The van der Waals surface area contributed by atoms with Crippen LogP contribution in [0.4, 0.5) is 11.4 Å². The Balaban J connectivity index is 2.01. The molecular formula is C13H20N4O. The molecule has 1 aliphatic heterocycles. The van der Waals surface area contributed by atoms with Crippen LogP contribution in [0.5, 0.6) is 0 Å². The molecule has 5 heteroatoms. The highest BCUT2D eigenvalue weighted by molar-refractivity contribution is 5.76. The van der Waals surface area contributed by atoms with Crippen LogP contribution in [0.25, 0.3) is 0 Å². The fourth-order valence-corrected chi connectivity index (χ4v) is 2.37. The van der Waals surface area contributed by atoms with E-state index in [-0.39, 0.29) is 5.91 Å². The van der Waals surface area contributed by atoms with Crippen molar-refractivity contribution in [1.29, 1.82) is 0 Å². The first-order valence-corrected chi connectivity index (χ1v) is 6.27. The Bertz CT molecular complexity index is 421. The molecule has 0 spiro atoms. The summed E-state index contributed by atoms with van der Waals surface area (Å²) in [7, 11) is 0. The first kappa shape index (κ1) is 12.7. The molecule has 1 saturated heterocycles. The lowest BCUT2D eigenvalue weighted by molar-refractivity contribution is -0.119. The van der Waals surface area contributed by atoms with E-state index in [1.807, 2.05) is 24.3 Å². The number of benzene rings is 1. The third-order valence-electron chi connectivity index (χ3n) is 3.25. The van der Waals surface area contributed by atoms with Crippen LogP contribution >= 0.6 is 0 Å². The van der Waals surface area contributed by atoms with Crippen molar-refractivity contribution in [3.8, 4) is 0 Å². The molecule has 1 aliphatic rings. The number of rotatable bonds is 3. The third-order valence-corrected chi connectivity index (χ3v) is 3.25. The lowest BCUT2D eigenvalue weighted by Gasteiger charge is -2.24. The predicted molar refractivity (Wildman–Crippen MR) is 73.3 cm³/mol. The Morgan fingerprint density at radius 2 is 1.94 bits per heavy atom. The number of hydrogen-bond donors (Lipinski definition) is 2. The summed E-state index contributed by atoms with van der Waals surface area (Å²) >= 11 is 0. The number of anilines is 2. The molecule has 4 N–H and O–H groups in total. The summed E-state index contributed by atoms with van der Waals surface area (Å²) in [5.41, 5.74) is 13.1. The predicted octanol–water partition coefficient (Wildman–Crippen LogP) is 0.266. The number of nitrogens with zero attached hydrogens (tertiary/aromatic N) is 2. The van der Waals surface area contributed by atoms with E-state index in [0.717, 1.165) is 44.0 Å². The zero-order valence-electron chi connectivity index (χ0n) is 10.5. The SMILES string of the molecule is NC(=O)CN1CCCN(c2ccccc2N)CC1. The lowest BCUT2D eigenvalue weighted by atomic mass is 10.2. The van der Waals surface area contributed by atoms with Crippen LogP contribution in [0.1, 0.15) is 6.42 Å². The van der Waals surface area contributed by atoms with Crippen molar-refractivity contribution in [3.63, 3.8) is 0 Å². The van der Waals surface area contributed by atoms with E-state index in [4.69, 9.17) is 11.5 Å². The van der Waals surface area contributed by atoms with Gasteiger partial charge in [-0.05, 0) is 18.6 Å². The Morgan fingerprint density at radius 1 is 1.17 bits per heavy atom. The maximum absolute atomic E-state index is 10.9. The van der Waals surface area contributed by atoms with E-state index in [1.54, 1.807) is 0 Å². The maximum Gasteiger partial charge on any atom is 0.231 e. The summed E-state index contributed by atoms with van der Waals surface area (Å²) in [6.45, 7) is 3.94. The molecule has 0 atom stereocenters. The van der Waals surface area contributed by atoms with Gasteiger partial charge in [0.05, 0.1) is 17.9 Å². The van der Waals surface area contributed by atoms with Crippen LogP contribution < -0.4 is 16.4 Å². The lowest BCUT2D eigenvalue weighted by Crippen LogP contribution is -2.36. The monoisotopic (exact) mass is 248 g/mol. The molecule has 0 radical (unpaired) electrons. The van der Waals surface area contributed by atoms with Crippen molar-refractivity contribution in [1.82, 2.24) is 4.90 Å². The minimum Gasteiger partial charge on any atom is -0.397 e. The molecule has 1 amide bonds. The average Bonchev–Trinajstić information content (AvgIpc) is 2.55. The minimum atomic E-state index is -0.261. The zero-order chi connectivity index (χ0) is 13.0. The van der Waals surface area contributed by atoms with Gasteiger partial charge in [0.15, 0.2) is 0 Å². The molecule has 2 rings (SSSR count). The minimum absolute atomic E-state index is 0.261. The number of primary amides is 1. The van der Waals surface area contributed by atoms with E-state index in [1.165, 1.54) is 0 Å². The molecule has 0 unspecified atom stereocenters. The highest BCUT2D eigenvalue weighted by Gasteiger charge is 2.17. The van der Waals surface area contributed by atoms with Gasteiger partial charge in [0.25, 0.3) is 0 Å². The van der Waals surface area contributed by atoms with Gasteiger partial charge < -0.3 is 16.4 Å². The van der Waals surface area contributed by atoms with Crippen molar-refractivity contribution < 1.29 is 4.79 Å². The molecule has 0 bridgehead atoms. The molecule has 1 aromatic carbocycles. The van der Waals surface area contributed by atoms with E-state index < -0.39 is 0 Å². The Morgan fingerprint density at radius 3 is 2.67 bits per heavy atom. The summed E-state index contributed by atoms with van der Waals surface area (Å²) in [4.78, 5) is 15.3. The number of carbonyl (C=O) groups excluding carboxylic acids is 1. The molecule has 98 valence electrons. The number of carbonyl (C=O) groups is 1. The van der Waals surface area contributed by atoms with Gasteiger partial charge in [0.2, 0.25) is 5.91 Å².